The minimum absolute atomic E-state index is 0. The number of thioether (sulfide) groups is 4. The van der Waals surface area contributed by atoms with Crippen LogP contribution in [0.25, 0.3) is 0 Å². The molecule has 1 saturated heterocycles. The number of aliphatic hydroxyl groups is 3. The number of rotatable bonds is 44. The summed E-state index contributed by atoms with van der Waals surface area (Å²) in [6, 6.07) is 39.5. The fourth-order valence-electron chi connectivity index (χ4n) is 10.6. The fourth-order valence-corrected chi connectivity index (χ4v) is 15.1. The van der Waals surface area contributed by atoms with Crippen molar-refractivity contribution in [3.8, 4) is 46.0 Å². The summed E-state index contributed by atoms with van der Waals surface area (Å²) in [5.74, 6) is 2.59. The Hall–Kier alpha value is -9.60. The zero-order valence-electron chi connectivity index (χ0n) is 73.9. The number of alkyl halides is 12. The molecule has 0 amide bonds. The number of aliphatic carboxylic acids is 1. The van der Waals surface area contributed by atoms with E-state index in [4.69, 9.17) is 66.7 Å². The van der Waals surface area contributed by atoms with Crippen LogP contribution in [0, 0.1) is 27.7 Å². The van der Waals surface area contributed by atoms with Gasteiger partial charge in [-0.15, -0.1) is 47.0 Å². The number of halogens is 12. The lowest BCUT2D eigenvalue weighted by molar-refractivity contribution is -0.146. The highest BCUT2D eigenvalue weighted by Crippen LogP contribution is 2.40. The Balaban J connectivity index is 0.000000358. The Bertz CT molecular complexity index is 4610. The van der Waals surface area contributed by atoms with E-state index in [1.54, 1.807) is 76.7 Å². The third-order valence-corrected chi connectivity index (χ3v) is 23.7. The summed E-state index contributed by atoms with van der Waals surface area (Å²) >= 11 is 5.82. The van der Waals surface area contributed by atoms with Gasteiger partial charge in [0.2, 0.25) is 0 Å². The summed E-state index contributed by atoms with van der Waals surface area (Å²) in [5.41, 5.74) is -3.63. The standard InChI is InChI=1S/2C23H27F3O5S.C22H23F3O5S.C21H23F3O5S.C4H10O.CH4/c2*1-4-22(28,14-31-18-8-6-17(7-9-18)23(24,25)26)15-32-19-10-11-20(16(3)12-19)30-13-21(27)29-5-2;1-3-27-20(26)11-28-19-9-8-18(10-15(19)2)31-14-21(13-30-21)12-29-17-6-4-16(5-7-17)22(23,24)25;1-3-20(27,12-29-16-6-4-15(5-7-16)21(22,23)24)13-30-17-8-9-18(14(2)10-17)28-11-19(25)26;1-3-5-4-2;/h2*6-12,28H,4-5,13-15H2,1-3H3;4-10H,3,11-14H2,1-2H3;4-10,27H,3,11-13H2,1-2H3,(H,25,26);3-4H2,1-2H3;1H4. The highest BCUT2D eigenvalue weighted by atomic mass is 32.2. The lowest BCUT2D eigenvalue weighted by atomic mass is 10.1. The molecule has 1 aliphatic rings. The molecule has 4 N–H and O–H groups in total. The SMILES string of the molecule is C.CCC(O)(COc1ccc(C(F)(F)F)cc1)CSc1ccc(OCC(=O)O)c(C)c1.CCOC(=O)COc1ccc(SCC(O)(CC)COc2ccc(C(F)(F)F)cc2)cc1C.CCOC(=O)COc1ccc(SCC(O)(CC)COc2ccc(C(F)(F)F)cc2)cc1C.CCOC(=O)COc1ccc(SCC2(COc3ccc(C(F)(F)F)cc3)CO2)cc1C.CCOCC. The van der Waals surface area contributed by atoms with Crippen molar-refractivity contribution in [3.63, 3.8) is 0 Å². The van der Waals surface area contributed by atoms with Crippen molar-refractivity contribution in [2.45, 2.75) is 176 Å². The normalized spacial score (nSPS) is 14.2. The third-order valence-electron chi connectivity index (χ3n) is 18.6. The molecule has 0 saturated carbocycles. The first-order chi connectivity index (χ1) is 61.3. The summed E-state index contributed by atoms with van der Waals surface area (Å²) in [4.78, 5) is 48.5. The van der Waals surface area contributed by atoms with Crippen LogP contribution in [0.3, 0.4) is 0 Å². The molecule has 8 aromatic carbocycles. The number of ether oxygens (including phenoxy) is 13. The number of carbonyl (C=O) groups is 4. The Kier molecular flexibility index (Phi) is 47.9. The molecule has 8 aromatic rings. The first-order valence-corrected chi connectivity index (χ1v) is 44.9. The highest BCUT2D eigenvalue weighted by molar-refractivity contribution is 8.00. The molecule has 0 radical (unpaired) electrons. The van der Waals surface area contributed by atoms with Crippen molar-refractivity contribution < 1.29 is 154 Å². The molecule has 0 spiro atoms. The number of esters is 3. The third kappa shape index (κ3) is 42.5. The zero-order chi connectivity index (χ0) is 96.5. The van der Waals surface area contributed by atoms with Crippen molar-refractivity contribution in [1.29, 1.82) is 0 Å². The number of epoxide rings is 1. The summed E-state index contributed by atoms with van der Waals surface area (Å²) in [7, 11) is 0. The number of carbonyl (C=O) groups excluding carboxylic acids is 3. The maximum atomic E-state index is 12.7. The van der Waals surface area contributed by atoms with E-state index in [-0.39, 0.29) is 70.9 Å². The van der Waals surface area contributed by atoms with Crippen molar-refractivity contribution in [3.05, 3.63) is 214 Å². The number of hydrogen-bond acceptors (Lipinski definition) is 24. The van der Waals surface area contributed by atoms with Gasteiger partial charge in [0.25, 0.3) is 0 Å². The molecular weight excluding hydrogens is 1820 g/mol. The van der Waals surface area contributed by atoms with Gasteiger partial charge in [-0.3, -0.25) is 0 Å². The second kappa shape index (κ2) is 55.2. The van der Waals surface area contributed by atoms with Gasteiger partial charge in [-0.25, -0.2) is 19.2 Å². The Morgan fingerprint density at radius 1 is 0.351 bits per heavy atom. The summed E-state index contributed by atoms with van der Waals surface area (Å²) in [5, 5.41) is 41.2. The van der Waals surface area contributed by atoms with Crippen LogP contribution in [0.5, 0.6) is 46.0 Å². The van der Waals surface area contributed by atoms with Crippen molar-refractivity contribution in [2.75, 3.05) is 116 Å². The average Bonchev–Trinajstić information content (AvgIpc) is 1.65. The smallest absolute Gasteiger partial charge is 0.416 e. The minimum Gasteiger partial charge on any atom is -0.491 e. The predicted octanol–water partition coefficient (Wildman–Crippen LogP) is 21.9. The van der Waals surface area contributed by atoms with E-state index in [9.17, 15) is 87.2 Å². The fraction of sp³-hybridized carbons (Fsp3) is 0.447. The summed E-state index contributed by atoms with van der Waals surface area (Å²) in [6.07, 6.45) is -16.4. The Morgan fingerprint density at radius 3 is 0.802 bits per heavy atom. The van der Waals surface area contributed by atoms with Crippen LogP contribution in [-0.2, 0) is 67.6 Å². The van der Waals surface area contributed by atoms with Crippen molar-refractivity contribution >= 4 is 70.9 Å². The minimum atomic E-state index is -4.41. The molecule has 9 rings (SSSR count). The van der Waals surface area contributed by atoms with Gasteiger partial charge in [0.15, 0.2) is 26.4 Å². The van der Waals surface area contributed by atoms with Crippen molar-refractivity contribution in [1.82, 2.24) is 0 Å². The number of aryl methyl sites for hydroxylation is 4. The molecule has 37 heteroatoms. The second-order valence-electron chi connectivity index (χ2n) is 29.1. The zero-order valence-corrected chi connectivity index (χ0v) is 77.2. The van der Waals surface area contributed by atoms with E-state index < -0.39 is 99.8 Å². The van der Waals surface area contributed by atoms with Crippen LogP contribution in [0.1, 0.15) is 127 Å². The van der Waals surface area contributed by atoms with Gasteiger partial charge >= 0.3 is 48.6 Å². The summed E-state index contributed by atoms with van der Waals surface area (Å²) in [6.45, 7) is 24.3. The molecule has 724 valence electrons. The molecule has 21 nitrogen and oxygen atoms in total. The second-order valence-corrected chi connectivity index (χ2v) is 33.3. The Morgan fingerprint density at radius 2 is 0.595 bits per heavy atom. The van der Waals surface area contributed by atoms with Gasteiger partial charge < -0.3 is 82.0 Å². The largest absolute Gasteiger partial charge is 0.491 e. The van der Waals surface area contributed by atoms with Crippen LogP contribution >= 0.6 is 47.0 Å². The predicted molar refractivity (Wildman–Crippen MR) is 478 cm³/mol. The van der Waals surface area contributed by atoms with E-state index in [2.05, 4.69) is 0 Å². The van der Waals surface area contributed by atoms with E-state index in [0.717, 1.165) is 104 Å². The average molecular weight is 1940 g/mol. The van der Waals surface area contributed by atoms with Crippen molar-refractivity contribution in [2.24, 2.45) is 0 Å². The van der Waals surface area contributed by atoms with E-state index in [0.29, 0.717) is 97.4 Å². The van der Waals surface area contributed by atoms with E-state index in [1.807, 2.05) is 90.9 Å². The quantitative estimate of drug-likeness (QED) is 0.00908. The first-order valence-electron chi connectivity index (χ1n) is 41.0. The molecule has 0 aromatic heterocycles. The van der Waals surface area contributed by atoms with Gasteiger partial charge in [-0.1, -0.05) is 28.2 Å². The number of benzene rings is 8. The van der Waals surface area contributed by atoms with Crippen LogP contribution < -0.4 is 37.9 Å². The van der Waals surface area contributed by atoms with E-state index >= 15 is 0 Å². The molecule has 1 fully saturated rings. The number of carboxylic acid groups (broad SMARTS) is 1. The topological polar surface area (TPSA) is 272 Å². The van der Waals surface area contributed by atoms with Crippen LogP contribution in [0.4, 0.5) is 52.7 Å². The lowest BCUT2D eigenvalue weighted by Gasteiger charge is -2.26. The van der Waals surface area contributed by atoms with Crippen LogP contribution in [0.2, 0.25) is 0 Å². The van der Waals surface area contributed by atoms with E-state index in [1.165, 1.54) is 83.8 Å². The molecule has 131 heavy (non-hydrogen) atoms. The number of hydrogen-bond donors (Lipinski definition) is 4. The van der Waals surface area contributed by atoms with Crippen LogP contribution in [0.15, 0.2) is 189 Å². The number of carboxylic acids is 1. The molecular formula is C94H114F12O21S4. The van der Waals surface area contributed by atoms with Gasteiger partial charge in [0.1, 0.15) is 94.8 Å². The maximum Gasteiger partial charge on any atom is 0.416 e. The molecule has 4 atom stereocenters. The monoisotopic (exact) mass is 1930 g/mol. The highest BCUT2D eigenvalue weighted by Gasteiger charge is 2.46. The molecule has 4 unspecified atom stereocenters. The maximum absolute atomic E-state index is 12.7. The van der Waals surface area contributed by atoms with Crippen LogP contribution in [-0.4, -0.2) is 182 Å². The molecule has 1 heterocycles. The molecule has 0 bridgehead atoms. The first kappa shape index (κ1) is 114. The molecule has 1 aliphatic heterocycles. The lowest BCUT2D eigenvalue weighted by Crippen LogP contribution is -2.38. The summed E-state index contributed by atoms with van der Waals surface area (Å²) < 4.78 is 220. The van der Waals surface area contributed by atoms with Gasteiger partial charge in [-0.2, -0.15) is 52.7 Å². The molecule has 0 aliphatic carbocycles. The van der Waals surface area contributed by atoms with Gasteiger partial charge in [-0.05, 0) is 274 Å². The van der Waals surface area contributed by atoms with Gasteiger partial charge in [0, 0.05) is 55.8 Å². The van der Waals surface area contributed by atoms with Gasteiger partial charge in [0.05, 0.1) is 48.7 Å². The Labute approximate surface area is 772 Å².